The largest absolute Gasteiger partial charge is 0.463 e. The molecule has 3 rings (SSSR count). The molecule has 0 N–H and O–H groups in total. The van der Waals surface area contributed by atoms with E-state index in [1.165, 1.54) is 12.1 Å². The lowest BCUT2D eigenvalue weighted by atomic mass is 9.95. The van der Waals surface area contributed by atoms with Crippen LogP contribution >= 0.6 is 0 Å². The summed E-state index contributed by atoms with van der Waals surface area (Å²) < 4.78 is 66.3. The van der Waals surface area contributed by atoms with Crippen LogP contribution in [0.15, 0.2) is 42.5 Å². The van der Waals surface area contributed by atoms with Gasteiger partial charge in [0.25, 0.3) is 0 Å². The van der Waals surface area contributed by atoms with Gasteiger partial charge in [0.2, 0.25) is 0 Å². The summed E-state index contributed by atoms with van der Waals surface area (Å²) in [6.45, 7) is 0.0760. The third-order valence-electron chi connectivity index (χ3n) is 4.02. The highest BCUT2D eigenvalue weighted by molar-refractivity contribution is 5.86. The molecular formula is C17H14F4O3. The SMILES string of the molecule is CC(=O)OC[C@H]1O[C@H](c2cccc3ccccc23)C(F)(F)C1(F)F. The van der Waals surface area contributed by atoms with Crippen molar-refractivity contribution in [3.63, 3.8) is 0 Å². The van der Waals surface area contributed by atoms with Gasteiger partial charge in [0.15, 0.2) is 12.2 Å². The summed E-state index contributed by atoms with van der Waals surface area (Å²) in [6.07, 6.45) is -4.33. The molecule has 0 spiro atoms. The van der Waals surface area contributed by atoms with Crippen molar-refractivity contribution >= 4 is 16.7 Å². The molecular weight excluding hydrogens is 328 g/mol. The van der Waals surface area contributed by atoms with Crippen LogP contribution < -0.4 is 0 Å². The van der Waals surface area contributed by atoms with Crippen LogP contribution in [0.1, 0.15) is 18.6 Å². The van der Waals surface area contributed by atoms with Gasteiger partial charge in [-0.3, -0.25) is 4.79 Å². The Kier molecular flexibility index (Phi) is 3.99. The highest BCUT2D eigenvalue weighted by atomic mass is 19.3. The number of fused-ring (bicyclic) bond motifs is 1. The number of ether oxygens (including phenoxy) is 2. The standard InChI is InChI=1S/C17H14F4O3/c1-10(22)23-9-14-16(18,19)17(20,21)15(24-14)13-8-4-6-11-5-2-3-7-12(11)13/h2-8,14-15H,9H2,1H3/t14-,15-/m1/s1. The van der Waals surface area contributed by atoms with Crippen LogP contribution in [-0.4, -0.2) is 30.5 Å². The number of alkyl halides is 4. The fourth-order valence-electron chi connectivity index (χ4n) is 2.81. The lowest BCUT2D eigenvalue weighted by molar-refractivity contribution is -0.203. The predicted octanol–water partition coefficient (Wildman–Crippen LogP) is 4.11. The second-order valence-electron chi connectivity index (χ2n) is 5.62. The minimum absolute atomic E-state index is 0.0249. The third-order valence-corrected chi connectivity index (χ3v) is 4.02. The number of carbonyl (C=O) groups is 1. The van der Waals surface area contributed by atoms with E-state index in [1.54, 1.807) is 30.3 Å². The number of benzene rings is 2. The summed E-state index contributed by atoms with van der Waals surface area (Å²) in [4.78, 5) is 10.8. The molecule has 0 radical (unpaired) electrons. The number of esters is 1. The summed E-state index contributed by atoms with van der Waals surface area (Å²) in [5, 5.41) is 1.05. The van der Waals surface area contributed by atoms with Crippen molar-refractivity contribution in [3.05, 3.63) is 48.0 Å². The molecule has 1 fully saturated rings. The van der Waals surface area contributed by atoms with Gasteiger partial charge in [-0.05, 0) is 16.3 Å². The van der Waals surface area contributed by atoms with Crippen LogP contribution in [0.25, 0.3) is 10.8 Å². The summed E-state index contributed by atoms with van der Waals surface area (Å²) in [6, 6.07) is 11.2. The normalized spacial score (nSPS) is 24.9. The van der Waals surface area contributed by atoms with Crippen LogP contribution in [0.2, 0.25) is 0 Å². The van der Waals surface area contributed by atoms with E-state index in [2.05, 4.69) is 4.74 Å². The first kappa shape index (κ1) is 16.7. The fourth-order valence-corrected chi connectivity index (χ4v) is 2.81. The van der Waals surface area contributed by atoms with E-state index in [0.717, 1.165) is 6.92 Å². The predicted molar refractivity (Wildman–Crippen MR) is 78.1 cm³/mol. The number of carbonyl (C=O) groups excluding carboxylic acids is 1. The Morgan fingerprint density at radius 3 is 2.46 bits per heavy atom. The minimum atomic E-state index is -4.45. The zero-order valence-corrected chi connectivity index (χ0v) is 12.6. The summed E-state index contributed by atoms with van der Waals surface area (Å²) in [5.41, 5.74) is -0.0249. The lowest BCUT2D eigenvalue weighted by Gasteiger charge is -2.23. The molecule has 7 heteroatoms. The van der Waals surface area contributed by atoms with Crippen LogP contribution in [0.3, 0.4) is 0 Å². The van der Waals surface area contributed by atoms with E-state index >= 15 is 0 Å². The maximum atomic E-state index is 14.4. The third kappa shape index (κ3) is 2.53. The molecule has 2 aromatic rings. The Morgan fingerprint density at radius 2 is 1.75 bits per heavy atom. The average molecular weight is 342 g/mol. The van der Waals surface area contributed by atoms with E-state index in [9.17, 15) is 22.4 Å². The van der Waals surface area contributed by atoms with Gasteiger partial charge in [-0.15, -0.1) is 0 Å². The quantitative estimate of drug-likeness (QED) is 0.622. The second-order valence-corrected chi connectivity index (χ2v) is 5.62. The highest BCUT2D eigenvalue weighted by Gasteiger charge is 2.73. The van der Waals surface area contributed by atoms with E-state index in [-0.39, 0.29) is 5.56 Å². The Hall–Kier alpha value is -2.15. The number of halogens is 4. The van der Waals surface area contributed by atoms with Crippen LogP contribution in [0.5, 0.6) is 0 Å². The Balaban J connectivity index is 2.02. The molecule has 2 aromatic carbocycles. The number of hydrogen-bond donors (Lipinski definition) is 0. The van der Waals surface area contributed by atoms with Gasteiger partial charge in [0, 0.05) is 6.92 Å². The van der Waals surface area contributed by atoms with Gasteiger partial charge in [0.05, 0.1) is 0 Å². The topological polar surface area (TPSA) is 35.5 Å². The average Bonchev–Trinajstić information content (AvgIpc) is 2.71. The molecule has 0 amide bonds. The molecule has 0 bridgehead atoms. The molecule has 2 atom stereocenters. The Morgan fingerprint density at radius 1 is 1.08 bits per heavy atom. The molecule has 1 aliphatic heterocycles. The van der Waals surface area contributed by atoms with Crippen molar-refractivity contribution in [2.45, 2.75) is 31.0 Å². The molecule has 0 saturated carbocycles. The first-order valence-corrected chi connectivity index (χ1v) is 7.27. The Bertz CT molecular complexity index is 770. The minimum Gasteiger partial charge on any atom is -0.463 e. The summed E-state index contributed by atoms with van der Waals surface area (Å²) >= 11 is 0. The fraction of sp³-hybridized carbons (Fsp3) is 0.353. The van der Waals surface area contributed by atoms with E-state index in [0.29, 0.717) is 10.8 Å². The van der Waals surface area contributed by atoms with Crippen molar-refractivity contribution < 1.29 is 31.8 Å². The van der Waals surface area contributed by atoms with Crippen LogP contribution in [-0.2, 0) is 14.3 Å². The van der Waals surface area contributed by atoms with Crippen LogP contribution in [0.4, 0.5) is 17.6 Å². The molecule has 128 valence electrons. The molecule has 0 aliphatic carbocycles. The van der Waals surface area contributed by atoms with E-state index in [4.69, 9.17) is 4.74 Å². The zero-order valence-electron chi connectivity index (χ0n) is 12.6. The van der Waals surface area contributed by atoms with Crippen molar-refractivity contribution in [2.24, 2.45) is 0 Å². The lowest BCUT2D eigenvalue weighted by Crippen LogP contribution is -2.46. The smallest absolute Gasteiger partial charge is 0.342 e. The van der Waals surface area contributed by atoms with Gasteiger partial charge in [-0.25, -0.2) is 0 Å². The molecule has 1 heterocycles. The second kappa shape index (κ2) is 5.73. The van der Waals surface area contributed by atoms with Gasteiger partial charge in [-0.1, -0.05) is 42.5 Å². The molecule has 1 saturated heterocycles. The van der Waals surface area contributed by atoms with Gasteiger partial charge >= 0.3 is 17.8 Å². The maximum Gasteiger partial charge on any atom is 0.342 e. The zero-order chi connectivity index (χ0) is 17.5. The monoisotopic (exact) mass is 342 g/mol. The van der Waals surface area contributed by atoms with E-state index in [1.807, 2.05) is 0 Å². The maximum absolute atomic E-state index is 14.4. The van der Waals surface area contributed by atoms with Crippen molar-refractivity contribution in [1.29, 1.82) is 0 Å². The van der Waals surface area contributed by atoms with Gasteiger partial charge in [-0.2, -0.15) is 17.6 Å². The molecule has 3 nitrogen and oxygen atoms in total. The first-order valence-electron chi connectivity index (χ1n) is 7.27. The number of rotatable bonds is 3. The van der Waals surface area contributed by atoms with Crippen molar-refractivity contribution in [2.75, 3.05) is 6.61 Å². The molecule has 0 unspecified atom stereocenters. The highest BCUT2D eigenvalue weighted by Crippen LogP contribution is 2.55. The number of hydrogen-bond acceptors (Lipinski definition) is 3. The molecule has 0 aromatic heterocycles. The van der Waals surface area contributed by atoms with Gasteiger partial charge in [0.1, 0.15) is 6.61 Å². The Labute approximate surface area is 135 Å². The van der Waals surface area contributed by atoms with Gasteiger partial charge < -0.3 is 9.47 Å². The van der Waals surface area contributed by atoms with E-state index < -0.39 is 36.6 Å². The summed E-state index contributed by atoms with van der Waals surface area (Å²) in [5.74, 6) is -9.72. The van der Waals surface area contributed by atoms with Crippen molar-refractivity contribution in [1.82, 2.24) is 0 Å². The first-order chi connectivity index (χ1) is 11.2. The van der Waals surface area contributed by atoms with Crippen LogP contribution in [0, 0.1) is 0 Å². The van der Waals surface area contributed by atoms with Crippen molar-refractivity contribution in [3.8, 4) is 0 Å². The molecule has 24 heavy (non-hydrogen) atoms. The molecule has 1 aliphatic rings. The summed E-state index contributed by atoms with van der Waals surface area (Å²) in [7, 11) is 0.